The van der Waals surface area contributed by atoms with Crippen LogP contribution >= 0.6 is 11.8 Å². The molecule has 1 amide bonds. The number of rotatable bonds is 6. The molecule has 0 fully saturated rings. The molecule has 0 radical (unpaired) electrons. The molecule has 0 aliphatic carbocycles. The van der Waals surface area contributed by atoms with Crippen molar-refractivity contribution >= 4 is 23.5 Å². The van der Waals surface area contributed by atoms with E-state index in [4.69, 9.17) is 0 Å². The van der Waals surface area contributed by atoms with Crippen molar-refractivity contribution in [3.05, 3.63) is 65.7 Å². The first-order chi connectivity index (χ1) is 10.2. The fourth-order valence-corrected chi connectivity index (χ4v) is 2.56. The summed E-state index contributed by atoms with van der Waals surface area (Å²) in [5.41, 5.74) is 1.49. The predicted octanol–water partition coefficient (Wildman–Crippen LogP) is 3.09. The van der Waals surface area contributed by atoms with E-state index in [2.05, 4.69) is 5.32 Å². The average molecular weight is 299 g/mol. The number of Topliss-reactive ketones (excluding diaryl/α,β-unsaturated/α-hetero) is 1. The van der Waals surface area contributed by atoms with Crippen LogP contribution < -0.4 is 5.32 Å². The maximum absolute atomic E-state index is 11.9. The van der Waals surface area contributed by atoms with Crippen LogP contribution in [-0.4, -0.2) is 24.0 Å². The van der Waals surface area contributed by atoms with Crippen LogP contribution in [0.15, 0.2) is 59.5 Å². The molecule has 2 aromatic carbocycles. The van der Waals surface area contributed by atoms with E-state index in [0.717, 1.165) is 16.2 Å². The summed E-state index contributed by atoms with van der Waals surface area (Å²) in [6, 6.07) is 17.0. The number of hydrogen-bond acceptors (Lipinski definition) is 3. The highest BCUT2D eigenvalue weighted by molar-refractivity contribution is 7.99. The number of benzene rings is 2. The Bertz CT molecular complexity index is 608. The largest absolute Gasteiger partial charge is 0.348 e. The highest BCUT2D eigenvalue weighted by Crippen LogP contribution is 2.15. The number of carbonyl (C=O) groups is 2. The van der Waals surface area contributed by atoms with Gasteiger partial charge < -0.3 is 5.32 Å². The smallest absolute Gasteiger partial charge is 0.292 e. The van der Waals surface area contributed by atoms with E-state index in [1.165, 1.54) is 0 Å². The summed E-state index contributed by atoms with van der Waals surface area (Å²) >= 11 is 1.65. The van der Waals surface area contributed by atoms with Crippen LogP contribution in [0, 0.1) is 6.92 Å². The van der Waals surface area contributed by atoms with Gasteiger partial charge in [-0.25, -0.2) is 0 Å². The standard InChI is InChI=1S/C17H17NO2S/c1-13-7-9-14(10-8-13)16(19)17(20)18-11-12-21-15-5-3-2-4-6-15/h2-10H,11-12H2,1H3,(H,18,20). The van der Waals surface area contributed by atoms with E-state index in [-0.39, 0.29) is 0 Å². The SMILES string of the molecule is Cc1ccc(C(=O)C(=O)NCCSc2ccccc2)cc1. The molecule has 2 aromatic rings. The minimum absolute atomic E-state index is 0.425. The van der Waals surface area contributed by atoms with Crippen LogP contribution in [0.2, 0.25) is 0 Å². The third-order valence-corrected chi connectivity index (χ3v) is 3.93. The van der Waals surface area contributed by atoms with Crippen LogP contribution in [0.5, 0.6) is 0 Å². The molecule has 4 heteroatoms. The molecule has 0 heterocycles. The molecule has 3 nitrogen and oxygen atoms in total. The second-order valence-corrected chi connectivity index (χ2v) is 5.78. The lowest BCUT2D eigenvalue weighted by molar-refractivity contribution is -0.116. The van der Waals surface area contributed by atoms with Gasteiger partial charge in [-0.05, 0) is 19.1 Å². The van der Waals surface area contributed by atoms with Crippen molar-refractivity contribution in [2.75, 3.05) is 12.3 Å². The quantitative estimate of drug-likeness (QED) is 0.386. The first-order valence-corrected chi connectivity index (χ1v) is 7.72. The second kappa shape index (κ2) is 7.64. The molecule has 21 heavy (non-hydrogen) atoms. The van der Waals surface area contributed by atoms with Crippen LogP contribution in [0.1, 0.15) is 15.9 Å². The van der Waals surface area contributed by atoms with E-state index in [1.807, 2.05) is 49.4 Å². The van der Waals surface area contributed by atoms with Gasteiger partial charge in [0.25, 0.3) is 5.91 Å². The average Bonchev–Trinajstić information content (AvgIpc) is 2.52. The summed E-state index contributed by atoms with van der Waals surface area (Å²) in [5, 5.41) is 2.66. The zero-order valence-corrected chi connectivity index (χ0v) is 12.7. The molecule has 1 N–H and O–H groups in total. The fourth-order valence-electron chi connectivity index (χ4n) is 1.77. The van der Waals surface area contributed by atoms with Gasteiger partial charge in [0.15, 0.2) is 0 Å². The number of carbonyl (C=O) groups excluding carboxylic acids is 2. The molecule has 2 rings (SSSR count). The van der Waals surface area contributed by atoms with Gasteiger partial charge in [0.05, 0.1) is 0 Å². The molecular formula is C17H17NO2S. The molecule has 0 atom stereocenters. The van der Waals surface area contributed by atoms with Crippen molar-refractivity contribution in [1.82, 2.24) is 5.32 Å². The molecule has 0 aliphatic rings. The van der Waals surface area contributed by atoms with Gasteiger partial charge in [0.1, 0.15) is 0 Å². The number of nitrogens with one attached hydrogen (secondary N) is 1. The van der Waals surface area contributed by atoms with Crippen molar-refractivity contribution in [2.45, 2.75) is 11.8 Å². The van der Waals surface area contributed by atoms with Crippen LogP contribution in [-0.2, 0) is 4.79 Å². The molecule has 0 aromatic heterocycles. The van der Waals surface area contributed by atoms with E-state index >= 15 is 0 Å². The number of aryl methyl sites for hydroxylation is 1. The Morgan fingerprint density at radius 3 is 2.33 bits per heavy atom. The third-order valence-electron chi connectivity index (χ3n) is 2.92. The van der Waals surface area contributed by atoms with Crippen LogP contribution in [0.3, 0.4) is 0 Å². The monoisotopic (exact) mass is 299 g/mol. The minimum Gasteiger partial charge on any atom is -0.348 e. The minimum atomic E-state index is -0.549. The number of hydrogen-bond donors (Lipinski definition) is 1. The molecular weight excluding hydrogens is 282 g/mol. The Kier molecular flexibility index (Phi) is 5.58. The van der Waals surface area contributed by atoms with E-state index < -0.39 is 11.7 Å². The maximum atomic E-state index is 11.9. The Hall–Kier alpha value is -2.07. The Morgan fingerprint density at radius 2 is 1.67 bits per heavy atom. The van der Waals surface area contributed by atoms with Gasteiger partial charge in [0, 0.05) is 22.8 Å². The van der Waals surface area contributed by atoms with Crippen molar-refractivity contribution in [1.29, 1.82) is 0 Å². The zero-order chi connectivity index (χ0) is 15.1. The van der Waals surface area contributed by atoms with Gasteiger partial charge in [-0.2, -0.15) is 0 Å². The highest BCUT2D eigenvalue weighted by atomic mass is 32.2. The lowest BCUT2D eigenvalue weighted by Gasteiger charge is -2.05. The molecule has 0 unspecified atom stereocenters. The summed E-state index contributed by atoms with van der Waals surface area (Å²) in [6.07, 6.45) is 0. The molecule has 0 saturated heterocycles. The van der Waals surface area contributed by atoms with Gasteiger partial charge in [0.2, 0.25) is 5.78 Å². The zero-order valence-electron chi connectivity index (χ0n) is 11.8. The van der Waals surface area contributed by atoms with Gasteiger partial charge in [-0.3, -0.25) is 9.59 Å². The molecule has 0 bridgehead atoms. The maximum Gasteiger partial charge on any atom is 0.292 e. The molecule has 0 aliphatic heterocycles. The Morgan fingerprint density at radius 1 is 1.00 bits per heavy atom. The first-order valence-electron chi connectivity index (χ1n) is 6.74. The summed E-state index contributed by atoms with van der Waals surface area (Å²) in [5.74, 6) is -0.302. The summed E-state index contributed by atoms with van der Waals surface area (Å²) in [4.78, 5) is 24.8. The van der Waals surface area contributed by atoms with Crippen molar-refractivity contribution in [3.8, 4) is 0 Å². The molecule has 0 spiro atoms. The predicted molar refractivity (Wildman–Crippen MR) is 85.7 cm³/mol. The Balaban J connectivity index is 1.76. The summed E-state index contributed by atoms with van der Waals surface area (Å²) in [7, 11) is 0. The second-order valence-electron chi connectivity index (χ2n) is 4.61. The van der Waals surface area contributed by atoms with Gasteiger partial charge in [-0.1, -0.05) is 48.0 Å². The summed E-state index contributed by atoms with van der Waals surface area (Å²) in [6.45, 7) is 2.41. The number of amides is 1. The van der Waals surface area contributed by atoms with Crippen LogP contribution in [0.4, 0.5) is 0 Å². The van der Waals surface area contributed by atoms with Gasteiger partial charge >= 0.3 is 0 Å². The number of thioether (sulfide) groups is 1. The third kappa shape index (κ3) is 4.76. The van der Waals surface area contributed by atoms with Crippen molar-refractivity contribution in [3.63, 3.8) is 0 Å². The lowest BCUT2D eigenvalue weighted by Crippen LogP contribution is -2.32. The normalized spacial score (nSPS) is 10.1. The van der Waals surface area contributed by atoms with E-state index in [9.17, 15) is 9.59 Å². The van der Waals surface area contributed by atoms with Crippen LogP contribution in [0.25, 0.3) is 0 Å². The first kappa shape index (κ1) is 15.3. The molecule has 0 saturated carbocycles. The van der Waals surface area contributed by atoms with E-state index in [0.29, 0.717) is 12.1 Å². The topological polar surface area (TPSA) is 46.2 Å². The Labute approximate surface area is 128 Å². The fraction of sp³-hybridized carbons (Fsp3) is 0.176. The van der Waals surface area contributed by atoms with E-state index in [1.54, 1.807) is 23.9 Å². The van der Waals surface area contributed by atoms with Gasteiger partial charge in [-0.15, -0.1) is 11.8 Å². The summed E-state index contributed by atoms with van der Waals surface area (Å²) < 4.78 is 0. The highest BCUT2D eigenvalue weighted by Gasteiger charge is 2.14. The number of ketones is 1. The molecule has 108 valence electrons. The van der Waals surface area contributed by atoms with Crippen molar-refractivity contribution in [2.24, 2.45) is 0 Å². The lowest BCUT2D eigenvalue weighted by atomic mass is 10.1. The van der Waals surface area contributed by atoms with Crippen molar-refractivity contribution < 1.29 is 9.59 Å².